The van der Waals surface area contributed by atoms with E-state index < -0.39 is 21.7 Å². The number of hydrogen-bond acceptors (Lipinski definition) is 6. The molecule has 26 heavy (non-hydrogen) atoms. The molecule has 2 N–H and O–H groups in total. The summed E-state index contributed by atoms with van der Waals surface area (Å²) in [7, 11) is 0. The highest BCUT2D eigenvalue weighted by molar-refractivity contribution is 6.76. The number of halogens is 3. The van der Waals surface area contributed by atoms with Crippen LogP contribution in [0.15, 0.2) is 34.7 Å². The molecule has 1 heterocycles. The van der Waals surface area contributed by atoms with Gasteiger partial charge in [-0.3, -0.25) is 15.4 Å². The highest BCUT2D eigenvalue weighted by Gasteiger charge is 2.33. The summed E-state index contributed by atoms with van der Waals surface area (Å²) in [5, 5.41) is 3.96. The number of amides is 3. The Morgan fingerprint density at radius 1 is 1.19 bits per heavy atom. The summed E-state index contributed by atoms with van der Waals surface area (Å²) >= 11 is 16.1. The third-order valence-corrected chi connectivity index (χ3v) is 3.34. The fourth-order valence-electron chi connectivity index (χ4n) is 1.76. The highest BCUT2D eigenvalue weighted by Crippen LogP contribution is 2.27. The molecule has 0 unspecified atom stereocenters. The zero-order valence-electron chi connectivity index (χ0n) is 13.2. The summed E-state index contributed by atoms with van der Waals surface area (Å²) < 4.78 is 7.95. The number of alkyl halides is 3. The first-order valence-corrected chi connectivity index (χ1v) is 8.28. The number of rotatable bonds is 4. The molecule has 2 rings (SSSR count). The minimum atomic E-state index is -2.34. The molecular weight excluding hydrogens is 409 g/mol. The van der Waals surface area contributed by atoms with E-state index in [1.54, 1.807) is 42.6 Å². The fraction of sp³-hybridized carbons (Fsp3) is 0.200. The molecule has 0 spiro atoms. The van der Waals surface area contributed by atoms with E-state index in [4.69, 9.17) is 44.0 Å². The first-order chi connectivity index (χ1) is 12.2. The van der Waals surface area contributed by atoms with E-state index in [0.717, 1.165) is 0 Å². The van der Waals surface area contributed by atoms with Crippen LogP contribution in [0.1, 0.15) is 17.4 Å². The minimum absolute atomic E-state index is 0.0663. The van der Waals surface area contributed by atoms with Crippen LogP contribution in [-0.2, 0) is 9.53 Å². The molecule has 0 fully saturated rings. The lowest BCUT2D eigenvalue weighted by Crippen LogP contribution is -2.41. The molecule has 0 aliphatic rings. The Hall–Kier alpha value is -2.29. The van der Waals surface area contributed by atoms with Crippen LogP contribution >= 0.6 is 34.8 Å². The van der Waals surface area contributed by atoms with Crippen LogP contribution in [0.5, 0.6) is 0 Å². The van der Waals surface area contributed by atoms with Crippen LogP contribution in [0.25, 0.3) is 11.5 Å². The van der Waals surface area contributed by atoms with Gasteiger partial charge in [0.15, 0.2) is 0 Å². The number of nitrogens with one attached hydrogen (secondary N) is 2. The first kappa shape index (κ1) is 20.0. The van der Waals surface area contributed by atoms with E-state index >= 15 is 0 Å². The van der Waals surface area contributed by atoms with Gasteiger partial charge in [-0.1, -0.05) is 53.0 Å². The number of hydrogen-bond donors (Lipinski definition) is 2. The summed E-state index contributed by atoms with van der Waals surface area (Å²) in [6.45, 7) is 1.69. The van der Waals surface area contributed by atoms with E-state index in [0.29, 0.717) is 5.56 Å². The second-order valence-electron chi connectivity index (χ2n) is 4.69. The summed E-state index contributed by atoms with van der Waals surface area (Å²) in [6.07, 6.45) is 0. The normalized spacial score (nSPS) is 10.9. The van der Waals surface area contributed by atoms with Crippen LogP contribution in [0.2, 0.25) is 0 Å². The molecule has 8 nitrogen and oxygen atoms in total. The van der Waals surface area contributed by atoms with Crippen LogP contribution in [0.3, 0.4) is 0 Å². The zero-order chi connectivity index (χ0) is 19.3. The second-order valence-corrected chi connectivity index (χ2v) is 6.97. The second kappa shape index (κ2) is 8.39. The first-order valence-electron chi connectivity index (χ1n) is 7.15. The van der Waals surface area contributed by atoms with Crippen molar-refractivity contribution >= 4 is 58.6 Å². The lowest BCUT2D eigenvalue weighted by Gasteiger charge is -2.10. The average molecular weight is 421 g/mol. The van der Waals surface area contributed by atoms with Gasteiger partial charge in [0.1, 0.15) is 0 Å². The highest BCUT2D eigenvalue weighted by atomic mass is 35.6. The van der Waals surface area contributed by atoms with Crippen molar-refractivity contribution in [2.24, 2.45) is 0 Å². The monoisotopic (exact) mass is 419 g/mol. The molecule has 1 aromatic carbocycles. The Morgan fingerprint density at radius 2 is 1.85 bits per heavy atom. The lowest BCUT2D eigenvalue weighted by atomic mass is 10.2. The topological polar surface area (TPSA) is 111 Å². The third-order valence-electron chi connectivity index (χ3n) is 2.83. The van der Waals surface area contributed by atoms with Crippen LogP contribution in [-0.4, -0.2) is 33.3 Å². The maximum atomic E-state index is 12.0. The van der Waals surface area contributed by atoms with E-state index in [1.807, 2.05) is 0 Å². The average Bonchev–Trinajstić information content (AvgIpc) is 2.98. The minimum Gasteiger partial charge on any atom is -0.461 e. The molecule has 3 amide bonds. The number of carbonyl (C=O) groups excluding carboxylic acids is 3. The van der Waals surface area contributed by atoms with Crippen molar-refractivity contribution < 1.29 is 23.5 Å². The molecule has 0 saturated carbocycles. The van der Waals surface area contributed by atoms with Crippen molar-refractivity contribution in [3.63, 3.8) is 0 Å². The Kier molecular flexibility index (Phi) is 6.47. The zero-order valence-corrected chi connectivity index (χ0v) is 15.5. The number of aromatic nitrogens is 1. The van der Waals surface area contributed by atoms with Gasteiger partial charge in [0, 0.05) is 5.56 Å². The van der Waals surface area contributed by atoms with Crippen molar-refractivity contribution in [2.45, 2.75) is 10.7 Å². The number of urea groups is 1. The summed E-state index contributed by atoms with van der Waals surface area (Å²) in [5.74, 6) is -2.25. The van der Waals surface area contributed by atoms with Gasteiger partial charge < -0.3 is 9.15 Å². The number of nitrogens with zero attached hydrogens (tertiary/aromatic N) is 1. The molecule has 2 aromatic rings. The number of anilines is 1. The standard InChI is InChI=1S/C15H12Cl3N3O5/c1-2-25-12(22)9-11(20-14(24)21-13(23)15(16,17)18)26-10(19-9)8-6-4-3-5-7-8/h3-7H,2H2,1H3,(H2,20,21,23,24). The number of oxazole rings is 1. The number of benzene rings is 1. The van der Waals surface area contributed by atoms with Crippen LogP contribution < -0.4 is 10.6 Å². The molecule has 0 atom stereocenters. The van der Waals surface area contributed by atoms with Gasteiger partial charge >= 0.3 is 12.0 Å². The van der Waals surface area contributed by atoms with Gasteiger partial charge in [0.25, 0.3) is 9.70 Å². The Bertz CT molecular complexity index is 818. The maximum Gasteiger partial charge on any atom is 0.362 e. The lowest BCUT2D eigenvalue weighted by molar-refractivity contribution is -0.119. The van der Waals surface area contributed by atoms with Gasteiger partial charge in [-0.2, -0.15) is 4.98 Å². The molecule has 138 valence electrons. The van der Waals surface area contributed by atoms with Crippen molar-refractivity contribution in [3.8, 4) is 11.5 Å². The molecule has 1 aromatic heterocycles. The van der Waals surface area contributed by atoms with Crippen LogP contribution in [0, 0.1) is 0 Å². The van der Waals surface area contributed by atoms with Crippen molar-refractivity contribution in [1.29, 1.82) is 0 Å². The fourth-order valence-corrected chi connectivity index (χ4v) is 1.90. The number of esters is 1. The van der Waals surface area contributed by atoms with Crippen LogP contribution in [0.4, 0.5) is 10.7 Å². The molecule has 0 aliphatic heterocycles. The smallest absolute Gasteiger partial charge is 0.362 e. The molecule has 0 bridgehead atoms. The molecule has 0 radical (unpaired) electrons. The molecular formula is C15H12Cl3N3O5. The maximum absolute atomic E-state index is 12.0. The summed E-state index contributed by atoms with van der Waals surface area (Å²) in [5.41, 5.74) is 0.283. The molecule has 11 heteroatoms. The van der Waals surface area contributed by atoms with Gasteiger partial charge in [0.2, 0.25) is 17.5 Å². The molecule has 0 saturated heterocycles. The van der Waals surface area contributed by atoms with Gasteiger partial charge in [0.05, 0.1) is 6.61 Å². The number of carbonyl (C=O) groups is 3. The van der Waals surface area contributed by atoms with E-state index in [1.165, 1.54) is 0 Å². The van der Waals surface area contributed by atoms with Crippen molar-refractivity contribution in [3.05, 3.63) is 36.0 Å². The summed E-state index contributed by atoms with van der Waals surface area (Å²) in [4.78, 5) is 39.5. The van der Waals surface area contributed by atoms with Gasteiger partial charge in [-0.05, 0) is 19.1 Å². The van der Waals surface area contributed by atoms with Gasteiger partial charge in [-0.25, -0.2) is 9.59 Å². The predicted octanol–water partition coefficient (Wildman–Crippen LogP) is 3.54. The van der Waals surface area contributed by atoms with E-state index in [-0.39, 0.29) is 24.1 Å². The van der Waals surface area contributed by atoms with Gasteiger partial charge in [-0.15, -0.1) is 0 Å². The predicted molar refractivity (Wildman–Crippen MR) is 95.3 cm³/mol. The SMILES string of the molecule is CCOC(=O)c1nc(-c2ccccc2)oc1NC(=O)NC(=O)C(Cl)(Cl)Cl. The van der Waals surface area contributed by atoms with Crippen molar-refractivity contribution in [1.82, 2.24) is 10.3 Å². The Balaban J connectivity index is 2.28. The number of imide groups is 1. The Morgan fingerprint density at radius 3 is 2.42 bits per heavy atom. The largest absolute Gasteiger partial charge is 0.461 e. The molecule has 0 aliphatic carbocycles. The van der Waals surface area contributed by atoms with E-state index in [2.05, 4.69) is 10.3 Å². The van der Waals surface area contributed by atoms with E-state index in [9.17, 15) is 14.4 Å². The number of ether oxygens (including phenoxy) is 1. The quantitative estimate of drug-likeness (QED) is 0.578. The third kappa shape index (κ3) is 5.10. The Labute approximate surface area is 162 Å². The van der Waals surface area contributed by atoms with Crippen molar-refractivity contribution in [2.75, 3.05) is 11.9 Å². The summed E-state index contributed by atoms with van der Waals surface area (Å²) in [6, 6.07) is 7.57.